The Bertz CT molecular complexity index is 835. The Morgan fingerprint density at radius 3 is 2.66 bits per heavy atom. The number of likely N-dealkylation sites (tertiary alicyclic amines) is 1. The Hall–Kier alpha value is -2.07. The minimum absolute atomic E-state index is 0. The summed E-state index contributed by atoms with van der Waals surface area (Å²) in [7, 11) is 0. The number of furan rings is 1. The Morgan fingerprint density at radius 1 is 1.16 bits per heavy atom. The lowest BCUT2D eigenvalue weighted by Crippen LogP contribution is -2.42. The number of anilines is 1. The molecule has 0 spiro atoms. The van der Waals surface area contributed by atoms with Crippen LogP contribution in [0, 0.1) is 0 Å². The van der Waals surface area contributed by atoms with Gasteiger partial charge in [0.25, 0.3) is 0 Å². The smallest absolute Gasteiger partial charge is 0.224 e. The molecule has 3 N–H and O–H groups in total. The van der Waals surface area contributed by atoms with Gasteiger partial charge < -0.3 is 20.4 Å². The summed E-state index contributed by atoms with van der Waals surface area (Å²) in [6.07, 6.45) is 5.58. The maximum Gasteiger partial charge on any atom is 0.224 e. The molecule has 0 radical (unpaired) electrons. The zero-order chi connectivity index (χ0) is 21.9. The molecule has 7 nitrogen and oxygen atoms in total. The summed E-state index contributed by atoms with van der Waals surface area (Å²) >= 11 is 0. The van der Waals surface area contributed by atoms with Gasteiger partial charge in [0.2, 0.25) is 5.91 Å². The molecule has 2 aromatic rings. The molecule has 3 rings (SSSR count). The van der Waals surface area contributed by atoms with Crippen molar-refractivity contribution in [2.75, 3.05) is 31.5 Å². The second kappa shape index (κ2) is 14.2. The Labute approximate surface area is 208 Å². The fraction of sp³-hybridized carbons (Fsp3) is 0.500. The highest BCUT2D eigenvalue weighted by Gasteiger charge is 2.25. The van der Waals surface area contributed by atoms with Crippen LogP contribution in [0.2, 0.25) is 0 Å². The van der Waals surface area contributed by atoms with Crippen LogP contribution in [0.15, 0.2) is 52.1 Å². The van der Waals surface area contributed by atoms with E-state index in [0.29, 0.717) is 13.0 Å². The van der Waals surface area contributed by atoms with Gasteiger partial charge >= 0.3 is 0 Å². The predicted octanol–water partition coefficient (Wildman–Crippen LogP) is 4.53. The molecule has 1 aromatic carbocycles. The van der Waals surface area contributed by atoms with E-state index in [0.717, 1.165) is 55.6 Å². The number of halogens is 1. The van der Waals surface area contributed by atoms with E-state index in [4.69, 9.17) is 9.41 Å². The zero-order valence-electron chi connectivity index (χ0n) is 19.1. The maximum atomic E-state index is 11.9. The molecule has 0 saturated carbocycles. The largest absolute Gasteiger partial charge is 0.468 e. The minimum Gasteiger partial charge on any atom is -0.468 e. The van der Waals surface area contributed by atoms with Crippen LogP contribution in [0.4, 0.5) is 5.69 Å². The van der Waals surface area contributed by atoms with Gasteiger partial charge in [-0.3, -0.25) is 9.69 Å². The first-order valence-corrected chi connectivity index (χ1v) is 11.4. The summed E-state index contributed by atoms with van der Waals surface area (Å²) in [4.78, 5) is 19.1. The fourth-order valence-corrected chi connectivity index (χ4v) is 3.85. The normalized spacial score (nSPS) is 15.1. The highest BCUT2D eigenvalue weighted by Crippen LogP contribution is 2.24. The van der Waals surface area contributed by atoms with Gasteiger partial charge in [0.05, 0.1) is 18.8 Å². The van der Waals surface area contributed by atoms with E-state index in [-0.39, 0.29) is 35.9 Å². The number of amides is 1. The lowest BCUT2D eigenvalue weighted by Gasteiger charge is -2.26. The topological polar surface area (TPSA) is 81.9 Å². The Balaban J connectivity index is 0.00000363. The third-order valence-corrected chi connectivity index (χ3v) is 5.37. The van der Waals surface area contributed by atoms with Crippen LogP contribution in [0.1, 0.15) is 56.9 Å². The second-order valence-corrected chi connectivity index (χ2v) is 7.85. The molecule has 0 aliphatic carbocycles. The molecule has 1 amide bonds. The van der Waals surface area contributed by atoms with Gasteiger partial charge in [0, 0.05) is 25.2 Å². The second-order valence-electron chi connectivity index (χ2n) is 7.85. The van der Waals surface area contributed by atoms with Crippen LogP contribution in [-0.4, -0.2) is 42.9 Å². The number of nitrogens with one attached hydrogen (secondary N) is 3. The van der Waals surface area contributed by atoms with Gasteiger partial charge in [-0.1, -0.05) is 19.1 Å². The molecule has 32 heavy (non-hydrogen) atoms. The maximum absolute atomic E-state index is 11.9. The molecule has 8 heteroatoms. The average molecular weight is 553 g/mol. The van der Waals surface area contributed by atoms with Crippen molar-refractivity contribution in [2.24, 2.45) is 4.99 Å². The van der Waals surface area contributed by atoms with Crippen LogP contribution in [0.25, 0.3) is 0 Å². The first-order chi connectivity index (χ1) is 15.2. The highest BCUT2D eigenvalue weighted by atomic mass is 127. The number of carbonyl (C=O) groups excluding carboxylic acids is 1. The molecule has 1 aromatic heterocycles. The van der Waals surface area contributed by atoms with Crippen molar-refractivity contribution < 1.29 is 9.21 Å². The van der Waals surface area contributed by atoms with E-state index in [1.165, 1.54) is 12.8 Å². The summed E-state index contributed by atoms with van der Waals surface area (Å²) in [6, 6.07) is 12.1. The molecule has 1 fully saturated rings. The number of guanidine groups is 1. The summed E-state index contributed by atoms with van der Waals surface area (Å²) in [5, 5.41) is 9.76. The van der Waals surface area contributed by atoms with Crippen molar-refractivity contribution in [1.29, 1.82) is 0 Å². The molecule has 1 saturated heterocycles. The van der Waals surface area contributed by atoms with E-state index >= 15 is 0 Å². The average Bonchev–Trinajstić information content (AvgIpc) is 3.47. The van der Waals surface area contributed by atoms with E-state index in [9.17, 15) is 4.79 Å². The van der Waals surface area contributed by atoms with E-state index in [1.807, 2.05) is 43.3 Å². The van der Waals surface area contributed by atoms with Crippen LogP contribution in [0.3, 0.4) is 0 Å². The number of aliphatic imine (C=N–C) groups is 1. The number of rotatable bonds is 10. The fourth-order valence-electron chi connectivity index (χ4n) is 3.85. The van der Waals surface area contributed by atoms with Crippen LogP contribution >= 0.6 is 24.0 Å². The highest BCUT2D eigenvalue weighted by molar-refractivity contribution is 14.0. The minimum atomic E-state index is 0. The predicted molar refractivity (Wildman–Crippen MR) is 140 cm³/mol. The number of nitrogens with zero attached hydrogens (tertiary/aromatic N) is 2. The van der Waals surface area contributed by atoms with Crippen molar-refractivity contribution in [1.82, 2.24) is 15.5 Å². The number of benzene rings is 1. The van der Waals surface area contributed by atoms with Crippen molar-refractivity contribution in [2.45, 2.75) is 52.1 Å². The molecule has 1 aliphatic heterocycles. The monoisotopic (exact) mass is 553 g/mol. The lowest BCUT2D eigenvalue weighted by molar-refractivity contribution is -0.116. The zero-order valence-corrected chi connectivity index (χ0v) is 21.4. The lowest BCUT2D eigenvalue weighted by atomic mass is 10.2. The van der Waals surface area contributed by atoms with Crippen molar-refractivity contribution in [3.63, 3.8) is 0 Å². The molecule has 1 unspecified atom stereocenters. The standard InChI is InChI=1S/C24H35N5O2.HI/c1-3-9-23(30)28-20-11-7-10-19(16-20)17-26-24(25-4-2)27-18-21(22-12-8-15-31-22)29-13-5-6-14-29;/h7-8,10-12,15-16,21H,3-6,9,13-14,17-18H2,1-2H3,(H,28,30)(H2,25,26,27);1H. The molecule has 2 heterocycles. The Morgan fingerprint density at radius 2 is 1.97 bits per heavy atom. The van der Waals surface area contributed by atoms with Crippen LogP contribution < -0.4 is 16.0 Å². The SMILES string of the molecule is CCCC(=O)Nc1cccc(CN=C(NCC)NCC(c2ccco2)N2CCCC2)c1.I. The van der Waals surface area contributed by atoms with Gasteiger partial charge in [-0.05, 0) is 69.1 Å². The molecular formula is C24H36IN5O2. The third-order valence-electron chi connectivity index (χ3n) is 5.37. The van der Waals surface area contributed by atoms with Gasteiger partial charge in [0.15, 0.2) is 5.96 Å². The van der Waals surface area contributed by atoms with Crippen LogP contribution in [0.5, 0.6) is 0 Å². The number of carbonyl (C=O) groups is 1. The summed E-state index contributed by atoms with van der Waals surface area (Å²) in [5.74, 6) is 1.81. The van der Waals surface area contributed by atoms with E-state index in [1.54, 1.807) is 6.26 Å². The van der Waals surface area contributed by atoms with Gasteiger partial charge in [-0.2, -0.15) is 0 Å². The van der Waals surface area contributed by atoms with Crippen molar-refractivity contribution in [3.05, 3.63) is 54.0 Å². The molecule has 0 bridgehead atoms. The molecule has 176 valence electrons. The molecule has 1 atom stereocenters. The van der Waals surface area contributed by atoms with Gasteiger partial charge in [-0.15, -0.1) is 24.0 Å². The van der Waals surface area contributed by atoms with Crippen molar-refractivity contribution >= 4 is 41.5 Å². The van der Waals surface area contributed by atoms with E-state index in [2.05, 4.69) is 27.8 Å². The van der Waals surface area contributed by atoms with Gasteiger partial charge in [0.1, 0.15) is 5.76 Å². The van der Waals surface area contributed by atoms with E-state index < -0.39 is 0 Å². The van der Waals surface area contributed by atoms with Crippen molar-refractivity contribution in [3.8, 4) is 0 Å². The summed E-state index contributed by atoms with van der Waals surface area (Å²) in [6.45, 7) is 8.29. The quantitative estimate of drug-likeness (QED) is 0.229. The Kier molecular flexibility index (Phi) is 11.6. The third kappa shape index (κ3) is 8.12. The summed E-state index contributed by atoms with van der Waals surface area (Å²) < 4.78 is 5.72. The van der Waals surface area contributed by atoms with Gasteiger partial charge in [-0.25, -0.2) is 4.99 Å². The first kappa shape index (κ1) is 26.2. The number of hydrogen-bond donors (Lipinski definition) is 3. The first-order valence-electron chi connectivity index (χ1n) is 11.4. The van der Waals surface area contributed by atoms with Crippen LogP contribution in [-0.2, 0) is 11.3 Å². The summed E-state index contributed by atoms with van der Waals surface area (Å²) in [5.41, 5.74) is 1.87. The molecular weight excluding hydrogens is 517 g/mol. The number of hydrogen-bond acceptors (Lipinski definition) is 4. The molecule has 1 aliphatic rings.